The molecule has 0 aliphatic carbocycles. The minimum Gasteiger partial charge on any atom is -0.372 e. The average molecular weight is 532 g/mol. The molecule has 0 aliphatic heterocycles. The zero-order valence-electron chi connectivity index (χ0n) is 22.2. The van der Waals surface area contributed by atoms with Gasteiger partial charge in [-0.1, -0.05) is 17.1 Å². The fourth-order valence-corrected chi connectivity index (χ4v) is 3.23. The summed E-state index contributed by atoms with van der Waals surface area (Å²) in [5.74, 6) is 5.72. The number of thiol groups is 1. The van der Waals surface area contributed by atoms with Gasteiger partial charge in [-0.2, -0.15) is 0 Å². The Morgan fingerprint density at radius 2 is 1.89 bits per heavy atom. The fraction of sp³-hybridized carbons (Fsp3) is 0.600. The minimum absolute atomic E-state index is 0.0252. The molecule has 0 atom stereocenters. The first kappa shape index (κ1) is 30.2. The van der Waals surface area contributed by atoms with Gasteiger partial charge in [0.25, 0.3) is 0 Å². The summed E-state index contributed by atoms with van der Waals surface area (Å²) in [6, 6.07) is 0. The van der Waals surface area contributed by atoms with E-state index in [1.165, 1.54) is 0 Å². The maximum Gasteiger partial charge on any atom is 0.246 e. The molecule has 0 saturated heterocycles. The second-order valence-corrected chi connectivity index (χ2v) is 10.1. The second kappa shape index (κ2) is 14.7. The van der Waals surface area contributed by atoms with Crippen LogP contribution in [-0.2, 0) is 32.2 Å². The molecular weight excluding hydrogens is 494 g/mol. The number of nitrogens with zero attached hydrogens (tertiary/aromatic N) is 5. The number of carbonyl (C=O) groups excluding carboxylic acids is 2. The molecule has 0 spiro atoms. The van der Waals surface area contributed by atoms with Gasteiger partial charge in [0.2, 0.25) is 11.8 Å². The van der Waals surface area contributed by atoms with Crippen LogP contribution in [0.25, 0.3) is 0 Å². The second-order valence-electron chi connectivity index (χ2n) is 9.73. The lowest BCUT2D eigenvalue weighted by Gasteiger charge is -2.32. The lowest BCUT2D eigenvalue weighted by Crippen LogP contribution is -2.50. The van der Waals surface area contributed by atoms with E-state index in [0.29, 0.717) is 55.4 Å². The number of ether oxygens (including phenoxy) is 2. The number of aromatic nitrogens is 5. The molecule has 202 valence electrons. The molecular formula is C25H37N7O4S. The van der Waals surface area contributed by atoms with E-state index in [0.717, 1.165) is 0 Å². The van der Waals surface area contributed by atoms with Crippen LogP contribution in [0.15, 0.2) is 23.7 Å². The third-order valence-electron chi connectivity index (χ3n) is 4.91. The van der Waals surface area contributed by atoms with Crippen LogP contribution in [0.1, 0.15) is 65.1 Å². The van der Waals surface area contributed by atoms with Crippen molar-refractivity contribution in [3.8, 4) is 11.8 Å². The Morgan fingerprint density at radius 1 is 1.16 bits per heavy atom. The average Bonchev–Trinajstić information content (AvgIpc) is 3.27. The van der Waals surface area contributed by atoms with Crippen LogP contribution in [0.2, 0.25) is 0 Å². The molecule has 2 rings (SSSR count). The minimum atomic E-state index is -0.557. The number of nitrogens with one attached hydrogen (secondary N) is 2. The molecule has 37 heavy (non-hydrogen) atoms. The molecule has 2 heterocycles. The maximum atomic E-state index is 12.1. The first-order chi connectivity index (χ1) is 17.5. The van der Waals surface area contributed by atoms with Crippen LogP contribution in [0.5, 0.6) is 0 Å². The highest BCUT2D eigenvalue weighted by molar-refractivity contribution is 7.80. The highest BCUT2D eigenvalue weighted by Gasteiger charge is 2.27. The SMILES string of the molecule is CCOCC(=O)NC(C)(C)COC(C)(C)Cn1cc(CNC(=O)CCCC#Cc2cnc(S)nc2)nn1. The van der Waals surface area contributed by atoms with Gasteiger partial charge in [0.1, 0.15) is 12.3 Å². The largest absolute Gasteiger partial charge is 0.372 e. The van der Waals surface area contributed by atoms with Crippen LogP contribution in [0.4, 0.5) is 0 Å². The van der Waals surface area contributed by atoms with E-state index >= 15 is 0 Å². The Morgan fingerprint density at radius 3 is 2.59 bits per heavy atom. The molecule has 2 N–H and O–H groups in total. The zero-order chi connectivity index (χ0) is 27.3. The van der Waals surface area contributed by atoms with E-state index in [4.69, 9.17) is 9.47 Å². The summed E-state index contributed by atoms with van der Waals surface area (Å²) in [7, 11) is 0. The van der Waals surface area contributed by atoms with Crippen molar-refractivity contribution >= 4 is 24.4 Å². The van der Waals surface area contributed by atoms with Crippen LogP contribution < -0.4 is 10.6 Å². The number of rotatable bonds is 14. The third-order valence-corrected chi connectivity index (χ3v) is 5.14. The molecule has 0 fully saturated rings. The van der Waals surface area contributed by atoms with Crippen LogP contribution in [0.3, 0.4) is 0 Å². The van der Waals surface area contributed by atoms with Gasteiger partial charge in [-0.05, 0) is 41.0 Å². The van der Waals surface area contributed by atoms with Gasteiger partial charge in [0.05, 0.1) is 42.6 Å². The molecule has 0 unspecified atom stereocenters. The highest BCUT2D eigenvalue weighted by Crippen LogP contribution is 2.16. The Labute approximate surface area is 223 Å². The van der Waals surface area contributed by atoms with E-state index in [1.807, 2.05) is 34.6 Å². The molecule has 0 bridgehead atoms. The summed E-state index contributed by atoms with van der Waals surface area (Å²) in [4.78, 5) is 32.0. The van der Waals surface area contributed by atoms with E-state index in [1.54, 1.807) is 23.3 Å². The van der Waals surface area contributed by atoms with Gasteiger partial charge < -0.3 is 20.1 Å². The standard InChI is InChI=1S/C25H37N7O4S/c1-6-35-16-22(34)29-24(2,3)18-36-25(4,5)17-32-15-20(30-31-32)14-26-21(33)11-9-7-8-10-19-12-27-23(37)28-13-19/h12-13,15H,6-7,9,11,14,16-18H2,1-5H3,(H,26,33)(H,29,34)(H,27,28,37). The zero-order valence-corrected chi connectivity index (χ0v) is 23.1. The Bertz CT molecular complexity index is 1070. The number of hydrogen-bond donors (Lipinski definition) is 3. The summed E-state index contributed by atoms with van der Waals surface area (Å²) in [6.07, 6.45) is 6.61. The van der Waals surface area contributed by atoms with Crippen molar-refractivity contribution in [1.29, 1.82) is 0 Å². The van der Waals surface area contributed by atoms with Crippen molar-refractivity contribution in [2.24, 2.45) is 0 Å². The van der Waals surface area contributed by atoms with Gasteiger partial charge >= 0.3 is 0 Å². The number of amides is 2. The molecule has 0 radical (unpaired) electrons. The lowest BCUT2D eigenvalue weighted by molar-refractivity contribution is -0.129. The molecule has 2 amide bonds. The summed E-state index contributed by atoms with van der Waals surface area (Å²) >= 11 is 4.03. The number of carbonyl (C=O) groups is 2. The van der Waals surface area contributed by atoms with E-state index in [2.05, 4.69) is 55.4 Å². The number of unbranched alkanes of at least 4 members (excludes halogenated alkanes) is 1. The normalized spacial score (nSPS) is 11.5. The number of hydrogen-bond acceptors (Lipinski definition) is 9. The van der Waals surface area contributed by atoms with E-state index in [9.17, 15) is 9.59 Å². The maximum absolute atomic E-state index is 12.1. The van der Waals surface area contributed by atoms with Crippen molar-refractivity contribution in [2.45, 2.75) is 83.3 Å². The van der Waals surface area contributed by atoms with Crippen molar-refractivity contribution in [1.82, 2.24) is 35.6 Å². The molecule has 11 nitrogen and oxygen atoms in total. The molecule has 0 saturated carbocycles. The molecule has 0 aliphatic rings. The van der Waals surface area contributed by atoms with Crippen LogP contribution in [0, 0.1) is 11.8 Å². The Hall–Kier alpha value is -3.01. The summed E-state index contributed by atoms with van der Waals surface area (Å²) in [5.41, 5.74) is 0.256. The lowest BCUT2D eigenvalue weighted by atomic mass is 10.1. The molecule has 12 heteroatoms. The Balaban J connectivity index is 1.69. The van der Waals surface area contributed by atoms with Gasteiger partial charge in [-0.3, -0.25) is 9.59 Å². The van der Waals surface area contributed by atoms with Gasteiger partial charge in [-0.15, -0.1) is 17.7 Å². The van der Waals surface area contributed by atoms with Gasteiger partial charge in [0, 0.05) is 31.8 Å². The smallest absolute Gasteiger partial charge is 0.246 e. The summed E-state index contributed by atoms with van der Waals surface area (Å²) in [6.45, 7) is 11.1. The first-order valence-electron chi connectivity index (χ1n) is 12.2. The quantitative estimate of drug-likeness (QED) is 0.146. The van der Waals surface area contributed by atoms with Crippen LogP contribution >= 0.6 is 12.6 Å². The van der Waals surface area contributed by atoms with Gasteiger partial charge in [0.15, 0.2) is 5.16 Å². The van der Waals surface area contributed by atoms with E-state index < -0.39 is 11.1 Å². The molecule has 2 aromatic rings. The van der Waals surface area contributed by atoms with Crippen LogP contribution in [-0.4, -0.2) is 67.7 Å². The van der Waals surface area contributed by atoms with Crippen molar-refractivity contribution < 1.29 is 19.1 Å². The highest BCUT2D eigenvalue weighted by atomic mass is 32.1. The third kappa shape index (κ3) is 12.7. The van der Waals surface area contributed by atoms with E-state index in [-0.39, 0.29) is 25.0 Å². The molecule has 0 aromatic carbocycles. The first-order valence-corrected chi connectivity index (χ1v) is 12.6. The fourth-order valence-electron chi connectivity index (χ4n) is 3.12. The topological polar surface area (TPSA) is 133 Å². The summed E-state index contributed by atoms with van der Waals surface area (Å²) in [5, 5.41) is 14.4. The Kier molecular flexibility index (Phi) is 12.0. The monoisotopic (exact) mass is 531 g/mol. The predicted octanol–water partition coefficient (Wildman–Crippen LogP) is 1.92. The predicted molar refractivity (Wildman–Crippen MR) is 141 cm³/mol. The van der Waals surface area contributed by atoms with Crippen molar-refractivity contribution in [2.75, 3.05) is 19.8 Å². The molecule has 2 aromatic heterocycles. The van der Waals surface area contributed by atoms with Gasteiger partial charge in [-0.25, -0.2) is 14.6 Å². The van der Waals surface area contributed by atoms with Crippen molar-refractivity contribution in [3.05, 3.63) is 29.8 Å². The summed E-state index contributed by atoms with van der Waals surface area (Å²) < 4.78 is 12.9. The van der Waals surface area contributed by atoms with Crippen molar-refractivity contribution in [3.63, 3.8) is 0 Å².